The van der Waals surface area contributed by atoms with Crippen molar-refractivity contribution in [2.45, 2.75) is 25.6 Å². The van der Waals surface area contributed by atoms with E-state index in [-0.39, 0.29) is 9.52 Å². The molecule has 1 rings (SSSR count). The summed E-state index contributed by atoms with van der Waals surface area (Å²) < 4.78 is 3.84. The molecule has 0 spiro atoms. The van der Waals surface area contributed by atoms with Gasteiger partial charge in [0.1, 0.15) is 13.6 Å². The van der Waals surface area contributed by atoms with E-state index in [1.165, 1.54) is 12.5 Å². The Morgan fingerprint density at radius 1 is 1.64 bits per heavy atom. The summed E-state index contributed by atoms with van der Waals surface area (Å²) in [6.07, 6.45) is 5.30. The number of aromatic nitrogens is 3. The molecule has 0 amide bonds. The van der Waals surface area contributed by atoms with Gasteiger partial charge < -0.3 is 0 Å². The largest absolute Gasteiger partial charge is 0.155 e. The molecule has 0 fully saturated rings. The lowest BCUT2D eigenvalue weighted by atomic mass is 10.5. The molecule has 0 saturated heterocycles. The van der Waals surface area contributed by atoms with E-state index >= 15 is 0 Å². The summed E-state index contributed by atoms with van der Waals surface area (Å²) in [5, 5.41) is 4.23. The van der Waals surface area contributed by atoms with Crippen molar-refractivity contribution in [1.82, 2.24) is 9.90 Å². The number of rotatable bonds is 4. The fraction of sp³-hybridized carbons (Fsp3) is 0.714. The fourth-order valence-electron chi connectivity index (χ4n) is 1.06. The van der Waals surface area contributed by atoms with Crippen LogP contribution in [0, 0.1) is 0 Å². The van der Waals surface area contributed by atoms with Gasteiger partial charge in [-0.15, -0.1) is 9.36 Å². The summed E-state index contributed by atoms with van der Waals surface area (Å²) >= 11 is 0. The molecule has 1 aromatic heterocycles. The normalized spacial score (nSPS) is 11.5. The van der Waals surface area contributed by atoms with Crippen molar-refractivity contribution in [2.75, 3.05) is 0 Å². The van der Waals surface area contributed by atoms with Crippen LogP contribution < -0.4 is 4.68 Å². The second kappa shape index (κ2) is 4.28. The van der Waals surface area contributed by atoms with E-state index in [4.69, 9.17) is 0 Å². The Morgan fingerprint density at radius 3 is 3.00 bits per heavy atom. The van der Waals surface area contributed by atoms with Gasteiger partial charge in [0.05, 0.1) is 5.21 Å². The third-order valence-electron chi connectivity index (χ3n) is 1.70. The van der Waals surface area contributed by atoms with Gasteiger partial charge in [-0.3, -0.25) is 0 Å². The Morgan fingerprint density at radius 2 is 2.45 bits per heavy atom. The molecule has 1 heterocycles. The van der Waals surface area contributed by atoms with E-state index in [9.17, 15) is 0 Å². The summed E-state index contributed by atoms with van der Waals surface area (Å²) in [6, 6.07) is 1.43. The Hall–Kier alpha value is -0.643. The van der Waals surface area contributed by atoms with Crippen molar-refractivity contribution in [3.8, 4) is 0 Å². The van der Waals surface area contributed by atoms with E-state index in [1.807, 2.05) is 28.8 Å². The van der Waals surface area contributed by atoms with Gasteiger partial charge in [0.2, 0.25) is 0 Å². The minimum absolute atomic E-state index is 0.257. The van der Waals surface area contributed by atoms with Crippen LogP contribution in [0.1, 0.15) is 6.42 Å². The first-order valence-corrected chi connectivity index (χ1v) is 6.63. The fourth-order valence-corrected chi connectivity index (χ4v) is 1.78. The highest BCUT2D eigenvalue weighted by Crippen LogP contribution is 1.91. The average Bonchev–Trinajstić information content (AvgIpc) is 2.37. The maximum Gasteiger partial charge on any atom is 0.155 e. The van der Waals surface area contributed by atoms with Crippen molar-refractivity contribution >= 4 is 9.52 Å². The molecule has 0 radical (unpaired) electrons. The van der Waals surface area contributed by atoms with Crippen molar-refractivity contribution < 1.29 is 4.68 Å². The topological polar surface area (TPSA) is 21.7 Å². The first-order valence-electron chi connectivity index (χ1n) is 4.22. The van der Waals surface area contributed by atoms with Crippen LogP contribution in [0.15, 0.2) is 12.4 Å². The minimum atomic E-state index is 0.257. The van der Waals surface area contributed by atoms with Crippen LogP contribution in [0.2, 0.25) is 12.6 Å². The van der Waals surface area contributed by atoms with Gasteiger partial charge in [0.15, 0.2) is 12.4 Å². The van der Waals surface area contributed by atoms with Gasteiger partial charge in [-0.2, -0.15) is 0 Å². The summed E-state index contributed by atoms with van der Waals surface area (Å²) in [5.41, 5.74) is 0. The molecule has 0 atom stereocenters. The maximum absolute atomic E-state index is 4.23. The van der Waals surface area contributed by atoms with Crippen LogP contribution in [-0.2, 0) is 13.6 Å². The Labute approximate surface area is 69.8 Å². The zero-order valence-corrected chi connectivity index (χ0v) is 8.74. The standard InChI is InChI=1S/C7H16N3Si/c1-9-5-6-10(8-9)4-3-7-11-2/h5-6H,3-4,7,11H2,1-2H3/q+1. The second-order valence-electron chi connectivity index (χ2n) is 2.83. The molecule has 0 aromatic carbocycles. The molecule has 0 unspecified atom stereocenters. The first kappa shape index (κ1) is 8.45. The van der Waals surface area contributed by atoms with Crippen molar-refractivity contribution in [3.05, 3.63) is 12.4 Å². The van der Waals surface area contributed by atoms with Crippen LogP contribution in [0.25, 0.3) is 0 Å². The smallest absolute Gasteiger partial charge is 0.141 e. The Balaban J connectivity index is 2.27. The van der Waals surface area contributed by atoms with Gasteiger partial charge in [-0.1, -0.05) is 12.6 Å². The molecule has 62 valence electrons. The van der Waals surface area contributed by atoms with E-state index in [0.717, 1.165) is 6.54 Å². The molecule has 11 heavy (non-hydrogen) atoms. The summed E-state index contributed by atoms with van der Waals surface area (Å²) in [7, 11) is 2.21. The number of hydrogen-bond donors (Lipinski definition) is 0. The van der Waals surface area contributed by atoms with Crippen LogP contribution in [0.3, 0.4) is 0 Å². The van der Waals surface area contributed by atoms with Gasteiger partial charge in [0, 0.05) is 9.52 Å². The van der Waals surface area contributed by atoms with E-state index in [2.05, 4.69) is 11.8 Å². The molecule has 0 aliphatic heterocycles. The lowest BCUT2D eigenvalue weighted by molar-refractivity contribution is -0.732. The Bertz CT molecular complexity index is 209. The predicted molar refractivity (Wildman–Crippen MR) is 47.2 cm³/mol. The van der Waals surface area contributed by atoms with Gasteiger partial charge >= 0.3 is 0 Å². The zero-order chi connectivity index (χ0) is 8.10. The van der Waals surface area contributed by atoms with Crippen molar-refractivity contribution in [3.63, 3.8) is 0 Å². The molecular weight excluding hydrogens is 154 g/mol. The highest BCUT2D eigenvalue weighted by Gasteiger charge is 1.99. The number of hydrogen-bond acceptors (Lipinski definition) is 1. The second-order valence-corrected chi connectivity index (χ2v) is 4.54. The lowest BCUT2D eigenvalue weighted by Crippen LogP contribution is -2.30. The van der Waals surface area contributed by atoms with E-state index < -0.39 is 0 Å². The average molecular weight is 170 g/mol. The zero-order valence-electron chi connectivity index (χ0n) is 7.32. The molecule has 0 N–H and O–H groups in total. The van der Waals surface area contributed by atoms with Crippen LogP contribution in [0.4, 0.5) is 0 Å². The van der Waals surface area contributed by atoms with Crippen LogP contribution >= 0.6 is 0 Å². The highest BCUT2D eigenvalue weighted by atomic mass is 28.2. The summed E-state index contributed by atoms with van der Waals surface area (Å²) in [6.45, 7) is 3.44. The van der Waals surface area contributed by atoms with Gasteiger partial charge in [-0.25, -0.2) is 0 Å². The molecule has 4 heteroatoms. The van der Waals surface area contributed by atoms with Gasteiger partial charge in [-0.05, 0) is 6.42 Å². The summed E-state index contributed by atoms with van der Waals surface area (Å²) in [4.78, 5) is 0. The molecule has 0 bridgehead atoms. The Kier molecular flexibility index (Phi) is 3.29. The third kappa shape index (κ3) is 2.84. The first-order chi connectivity index (χ1) is 5.33. The summed E-state index contributed by atoms with van der Waals surface area (Å²) in [5.74, 6) is 0. The molecule has 1 aromatic rings. The van der Waals surface area contributed by atoms with E-state index in [1.54, 1.807) is 0 Å². The van der Waals surface area contributed by atoms with Crippen LogP contribution in [-0.4, -0.2) is 19.4 Å². The van der Waals surface area contributed by atoms with E-state index in [0.29, 0.717) is 0 Å². The maximum atomic E-state index is 4.23. The lowest BCUT2D eigenvalue weighted by Gasteiger charge is -1.90. The molecule has 3 nitrogen and oxygen atoms in total. The molecular formula is C7H16N3Si+. The van der Waals surface area contributed by atoms with Crippen molar-refractivity contribution in [1.29, 1.82) is 0 Å². The van der Waals surface area contributed by atoms with Gasteiger partial charge in [0.25, 0.3) is 0 Å². The predicted octanol–water partition coefficient (Wildman–Crippen LogP) is -0.267. The molecule has 0 aliphatic carbocycles. The number of nitrogens with zero attached hydrogens (tertiary/aromatic N) is 3. The highest BCUT2D eigenvalue weighted by molar-refractivity contribution is 6.33. The third-order valence-corrected chi connectivity index (χ3v) is 2.91. The quantitative estimate of drug-likeness (QED) is 0.346. The number of aryl methyl sites for hydroxylation is 2. The van der Waals surface area contributed by atoms with Crippen molar-refractivity contribution in [2.24, 2.45) is 7.05 Å². The minimum Gasteiger partial charge on any atom is -0.141 e. The molecule has 0 aliphatic rings. The monoisotopic (exact) mass is 170 g/mol. The van der Waals surface area contributed by atoms with Crippen LogP contribution in [0.5, 0.6) is 0 Å². The SMILES string of the molecule is C[SiH2]CCCn1cc[n+](C)n1. The molecule has 0 saturated carbocycles.